The zero-order chi connectivity index (χ0) is 26.3. The van der Waals surface area contributed by atoms with Gasteiger partial charge in [-0.1, -0.05) is 27.3 Å². The summed E-state index contributed by atoms with van der Waals surface area (Å²) in [6, 6.07) is 4.81. The summed E-state index contributed by atoms with van der Waals surface area (Å²) < 4.78 is 21.2. The number of ether oxygens (including phenoxy) is 3. The van der Waals surface area contributed by atoms with Crippen molar-refractivity contribution in [1.29, 1.82) is 0 Å². The first kappa shape index (κ1) is 26.0. The Morgan fingerprint density at radius 3 is 2.42 bits per heavy atom. The summed E-state index contributed by atoms with van der Waals surface area (Å²) in [5, 5.41) is 0. The number of hydrogen-bond donors (Lipinski definition) is 0. The predicted octanol–water partition coefficient (Wildman–Crippen LogP) is 3.53. The van der Waals surface area contributed by atoms with Crippen LogP contribution in [0.5, 0.6) is 11.5 Å². The molecule has 1 aromatic carbocycles. The van der Waals surface area contributed by atoms with E-state index >= 15 is 0 Å². The number of rotatable bonds is 6. The highest BCUT2D eigenvalue weighted by molar-refractivity contribution is 9.10. The van der Waals surface area contributed by atoms with Gasteiger partial charge in [-0.15, -0.1) is 0 Å². The number of fused-ring (bicyclic) bond motifs is 1. The quantitative estimate of drug-likeness (QED) is 0.421. The van der Waals surface area contributed by atoms with Crippen LogP contribution in [0.15, 0.2) is 43.7 Å². The number of nitrogens with zero attached hydrogens (tertiary/aromatic N) is 3. The molecular formula is C26H28BrN3O5S. The molecule has 1 atom stereocenters. The molecule has 0 radical (unpaired) electrons. The van der Waals surface area contributed by atoms with Crippen LogP contribution in [0.1, 0.15) is 42.4 Å². The van der Waals surface area contributed by atoms with E-state index in [0.717, 1.165) is 17.0 Å². The van der Waals surface area contributed by atoms with Crippen LogP contribution >= 0.6 is 27.3 Å². The number of carbonyl (C=O) groups is 1. The van der Waals surface area contributed by atoms with Crippen molar-refractivity contribution in [2.45, 2.75) is 33.7 Å². The number of aromatic nitrogens is 2. The number of halogens is 1. The lowest BCUT2D eigenvalue weighted by Gasteiger charge is -2.26. The topological polar surface area (TPSA) is 84.1 Å². The van der Waals surface area contributed by atoms with Crippen LogP contribution in [0, 0.1) is 13.8 Å². The predicted molar refractivity (Wildman–Crippen MR) is 143 cm³/mol. The van der Waals surface area contributed by atoms with Crippen LogP contribution in [0.25, 0.3) is 6.08 Å². The minimum Gasteiger partial charge on any atom is -0.493 e. The number of thiazole rings is 1. The molecule has 2 aromatic heterocycles. The Labute approximate surface area is 221 Å². The summed E-state index contributed by atoms with van der Waals surface area (Å²) >= 11 is 4.91. The summed E-state index contributed by atoms with van der Waals surface area (Å²) in [5.41, 5.74) is 4.34. The van der Waals surface area contributed by atoms with E-state index in [1.165, 1.54) is 11.3 Å². The largest absolute Gasteiger partial charge is 0.493 e. The van der Waals surface area contributed by atoms with E-state index in [2.05, 4.69) is 25.5 Å². The molecule has 0 unspecified atom stereocenters. The Balaban J connectivity index is 2.03. The number of hydrogen-bond acceptors (Lipinski definition) is 7. The minimum atomic E-state index is -0.768. The van der Waals surface area contributed by atoms with E-state index in [1.54, 1.807) is 44.8 Å². The molecule has 1 aliphatic rings. The van der Waals surface area contributed by atoms with Gasteiger partial charge >= 0.3 is 5.97 Å². The Morgan fingerprint density at radius 2 is 1.83 bits per heavy atom. The smallest absolute Gasteiger partial charge is 0.338 e. The Morgan fingerprint density at radius 1 is 1.17 bits per heavy atom. The molecule has 3 heterocycles. The first-order valence-electron chi connectivity index (χ1n) is 11.4. The number of carbonyl (C=O) groups excluding carboxylic acids is 1. The van der Waals surface area contributed by atoms with Gasteiger partial charge in [0.15, 0.2) is 16.3 Å². The second-order valence-electron chi connectivity index (χ2n) is 8.42. The average molecular weight is 574 g/mol. The van der Waals surface area contributed by atoms with Gasteiger partial charge in [-0.3, -0.25) is 9.36 Å². The molecule has 1 aliphatic heterocycles. The summed E-state index contributed by atoms with van der Waals surface area (Å²) in [4.78, 5) is 32.2. The fourth-order valence-corrected chi connectivity index (χ4v) is 5.91. The molecule has 3 aromatic rings. The van der Waals surface area contributed by atoms with Gasteiger partial charge < -0.3 is 18.8 Å². The van der Waals surface area contributed by atoms with Crippen LogP contribution in [0.2, 0.25) is 0 Å². The van der Waals surface area contributed by atoms with Crippen molar-refractivity contribution in [1.82, 2.24) is 9.13 Å². The number of methoxy groups -OCH3 is 2. The van der Waals surface area contributed by atoms with Gasteiger partial charge in [0.2, 0.25) is 0 Å². The van der Waals surface area contributed by atoms with Gasteiger partial charge in [0, 0.05) is 22.9 Å². The number of aryl methyl sites for hydroxylation is 1. The summed E-state index contributed by atoms with van der Waals surface area (Å²) in [6.07, 6.45) is 1.89. The SMILES string of the molecule is CCOC(=O)C1=C(C)N=c2s/c(=C/c3cc(C)n(C)c3C)c(=O)n2[C@H]1c1cc(OC)c(OC)cc1Br. The van der Waals surface area contributed by atoms with Gasteiger partial charge in [-0.2, -0.15) is 0 Å². The maximum Gasteiger partial charge on any atom is 0.338 e. The fourth-order valence-electron chi connectivity index (χ4n) is 4.34. The first-order chi connectivity index (χ1) is 17.1. The fraction of sp³-hybridized carbons (Fsp3) is 0.346. The van der Waals surface area contributed by atoms with E-state index in [1.807, 2.05) is 33.0 Å². The maximum atomic E-state index is 13.9. The van der Waals surface area contributed by atoms with E-state index < -0.39 is 12.0 Å². The van der Waals surface area contributed by atoms with Crippen molar-refractivity contribution in [3.05, 3.63) is 76.1 Å². The number of esters is 1. The summed E-state index contributed by atoms with van der Waals surface area (Å²) in [6.45, 7) is 7.74. The summed E-state index contributed by atoms with van der Waals surface area (Å²) in [5.74, 6) is 0.481. The number of benzene rings is 1. The highest BCUT2D eigenvalue weighted by Crippen LogP contribution is 2.40. The minimum absolute atomic E-state index is 0.201. The standard InChI is InChI=1S/C26H28BrN3O5S/c1-8-35-25(32)22-14(3)28-26-30(23(22)17-11-19(33-6)20(34-7)12-18(17)27)24(31)21(36-26)10-16-9-13(2)29(5)15(16)4/h9-12,23H,8H2,1-7H3/b21-10+/t23-/m0/s1. The van der Waals surface area contributed by atoms with Gasteiger partial charge in [0.05, 0.1) is 42.7 Å². The normalized spacial score (nSPS) is 15.6. The van der Waals surface area contributed by atoms with Crippen molar-refractivity contribution < 1.29 is 19.0 Å². The zero-order valence-electron chi connectivity index (χ0n) is 21.3. The Hall–Kier alpha value is -3.11. The lowest BCUT2D eigenvalue weighted by molar-refractivity contribution is -0.139. The van der Waals surface area contributed by atoms with Crippen molar-refractivity contribution in [2.75, 3.05) is 20.8 Å². The molecule has 10 heteroatoms. The van der Waals surface area contributed by atoms with Crippen molar-refractivity contribution in [3.63, 3.8) is 0 Å². The molecule has 0 saturated heterocycles. The van der Waals surface area contributed by atoms with Crippen LogP contribution in [-0.2, 0) is 16.6 Å². The summed E-state index contributed by atoms with van der Waals surface area (Å²) in [7, 11) is 5.08. The zero-order valence-corrected chi connectivity index (χ0v) is 23.7. The van der Waals surface area contributed by atoms with Crippen LogP contribution < -0.4 is 24.4 Å². The molecule has 0 amide bonds. The molecule has 0 bridgehead atoms. The molecule has 0 aliphatic carbocycles. The third-order valence-electron chi connectivity index (χ3n) is 6.42. The van der Waals surface area contributed by atoms with Crippen molar-refractivity contribution in [3.8, 4) is 11.5 Å². The molecule has 0 N–H and O–H groups in total. The van der Waals surface area contributed by atoms with Crippen LogP contribution in [0.3, 0.4) is 0 Å². The second-order valence-corrected chi connectivity index (χ2v) is 10.3. The highest BCUT2D eigenvalue weighted by Gasteiger charge is 2.35. The lowest BCUT2D eigenvalue weighted by Crippen LogP contribution is -2.40. The third-order valence-corrected chi connectivity index (χ3v) is 8.09. The van der Waals surface area contributed by atoms with Gasteiger partial charge in [-0.05, 0) is 63.1 Å². The molecule has 8 nitrogen and oxygen atoms in total. The molecule has 4 rings (SSSR count). The monoisotopic (exact) mass is 573 g/mol. The molecule has 36 heavy (non-hydrogen) atoms. The van der Waals surface area contributed by atoms with E-state index in [9.17, 15) is 9.59 Å². The van der Waals surface area contributed by atoms with Crippen molar-refractivity contribution in [2.24, 2.45) is 12.0 Å². The van der Waals surface area contributed by atoms with Gasteiger partial charge in [-0.25, -0.2) is 9.79 Å². The van der Waals surface area contributed by atoms with Crippen LogP contribution in [-0.4, -0.2) is 35.9 Å². The average Bonchev–Trinajstić information content (AvgIpc) is 3.28. The second kappa shape index (κ2) is 10.1. The van der Waals surface area contributed by atoms with E-state index in [-0.39, 0.29) is 12.2 Å². The van der Waals surface area contributed by atoms with Gasteiger partial charge in [0.1, 0.15) is 0 Å². The Bertz CT molecular complexity index is 1580. The molecule has 0 spiro atoms. The first-order valence-corrected chi connectivity index (χ1v) is 13.0. The van der Waals surface area contributed by atoms with Crippen molar-refractivity contribution >= 4 is 39.3 Å². The highest BCUT2D eigenvalue weighted by atomic mass is 79.9. The molecule has 0 fully saturated rings. The van der Waals surface area contributed by atoms with E-state index in [4.69, 9.17) is 14.2 Å². The molecule has 190 valence electrons. The maximum absolute atomic E-state index is 13.9. The lowest BCUT2D eigenvalue weighted by atomic mass is 9.95. The van der Waals surface area contributed by atoms with E-state index in [0.29, 0.717) is 42.1 Å². The third kappa shape index (κ3) is 4.32. The van der Waals surface area contributed by atoms with Gasteiger partial charge in [0.25, 0.3) is 5.56 Å². The molecule has 0 saturated carbocycles. The number of allylic oxidation sites excluding steroid dienone is 1. The molecular weight excluding hydrogens is 546 g/mol. The van der Waals surface area contributed by atoms with Crippen LogP contribution in [0.4, 0.5) is 0 Å². The Kier molecular flexibility index (Phi) is 7.28.